The van der Waals surface area contributed by atoms with Crippen LogP contribution in [-0.2, 0) is 16.1 Å². The Labute approximate surface area is 121 Å². The van der Waals surface area contributed by atoms with Gasteiger partial charge in [-0.25, -0.2) is 0 Å². The van der Waals surface area contributed by atoms with E-state index in [1.807, 2.05) is 24.3 Å². The molecule has 3 N–H and O–H groups in total. The minimum Gasteiger partial charge on any atom is -0.399 e. The summed E-state index contributed by atoms with van der Waals surface area (Å²) in [7, 11) is 1.62. The molecule has 0 aliphatic heterocycles. The lowest BCUT2D eigenvalue weighted by atomic mass is 10.2. The van der Waals surface area contributed by atoms with Crippen LogP contribution in [0.4, 0.5) is 5.69 Å². The molecule has 0 radical (unpaired) electrons. The molecule has 0 saturated heterocycles. The van der Waals surface area contributed by atoms with Crippen LogP contribution in [0.5, 0.6) is 0 Å². The predicted molar refractivity (Wildman–Crippen MR) is 81.3 cm³/mol. The molecule has 0 aromatic heterocycles. The minimum atomic E-state index is 0.0333. The highest BCUT2D eigenvalue weighted by atomic mass is 16.5. The Morgan fingerprint density at radius 2 is 2.05 bits per heavy atom. The van der Waals surface area contributed by atoms with Gasteiger partial charge >= 0.3 is 0 Å². The van der Waals surface area contributed by atoms with E-state index in [1.165, 1.54) is 0 Å². The van der Waals surface area contributed by atoms with E-state index in [9.17, 15) is 4.79 Å². The zero-order valence-corrected chi connectivity index (χ0v) is 12.4. The molecule has 0 bridgehead atoms. The topological polar surface area (TPSA) is 67.6 Å². The van der Waals surface area contributed by atoms with Gasteiger partial charge in [-0.3, -0.25) is 9.69 Å². The van der Waals surface area contributed by atoms with Crippen LogP contribution in [0, 0.1) is 0 Å². The van der Waals surface area contributed by atoms with Crippen molar-refractivity contribution in [2.45, 2.75) is 19.9 Å². The predicted octanol–water partition coefficient (Wildman–Crippen LogP) is 1.24. The van der Waals surface area contributed by atoms with Crippen LogP contribution in [0.2, 0.25) is 0 Å². The van der Waals surface area contributed by atoms with Crippen molar-refractivity contribution in [3.8, 4) is 0 Å². The third-order valence-electron chi connectivity index (χ3n) is 2.92. The van der Waals surface area contributed by atoms with Crippen LogP contribution in [0.25, 0.3) is 0 Å². The van der Waals surface area contributed by atoms with Crippen molar-refractivity contribution in [3.05, 3.63) is 29.8 Å². The molecule has 0 heterocycles. The second kappa shape index (κ2) is 9.34. The molecule has 0 saturated carbocycles. The first-order valence-electron chi connectivity index (χ1n) is 6.98. The maximum absolute atomic E-state index is 11.8. The van der Waals surface area contributed by atoms with E-state index in [0.717, 1.165) is 30.8 Å². The lowest BCUT2D eigenvalue weighted by Crippen LogP contribution is -2.38. The van der Waals surface area contributed by atoms with Gasteiger partial charge in [0, 0.05) is 25.9 Å². The normalized spacial score (nSPS) is 10.8. The van der Waals surface area contributed by atoms with E-state index < -0.39 is 0 Å². The SMILES string of the molecule is CCCN(CC(=O)NCCOC)Cc1ccc(N)cc1. The first kappa shape index (κ1) is 16.5. The third kappa shape index (κ3) is 6.54. The Hall–Kier alpha value is -1.59. The number of benzene rings is 1. The Kier molecular flexibility index (Phi) is 7.69. The molecule has 1 aromatic rings. The van der Waals surface area contributed by atoms with E-state index in [4.69, 9.17) is 10.5 Å². The molecule has 112 valence electrons. The zero-order valence-electron chi connectivity index (χ0n) is 12.4. The van der Waals surface area contributed by atoms with Gasteiger partial charge in [0.2, 0.25) is 5.91 Å². The monoisotopic (exact) mass is 279 g/mol. The number of carbonyl (C=O) groups is 1. The van der Waals surface area contributed by atoms with Crippen LogP contribution in [-0.4, -0.2) is 44.2 Å². The van der Waals surface area contributed by atoms with E-state index in [-0.39, 0.29) is 5.91 Å². The highest BCUT2D eigenvalue weighted by Crippen LogP contribution is 2.08. The van der Waals surface area contributed by atoms with E-state index >= 15 is 0 Å². The van der Waals surface area contributed by atoms with Crippen LogP contribution in [0.3, 0.4) is 0 Å². The second-order valence-electron chi connectivity index (χ2n) is 4.79. The van der Waals surface area contributed by atoms with Crippen molar-refractivity contribution in [2.75, 3.05) is 39.1 Å². The number of amides is 1. The van der Waals surface area contributed by atoms with Gasteiger partial charge in [0.05, 0.1) is 13.2 Å². The molecule has 1 rings (SSSR count). The molecule has 0 unspecified atom stereocenters. The fourth-order valence-electron chi connectivity index (χ4n) is 1.96. The lowest BCUT2D eigenvalue weighted by Gasteiger charge is -2.21. The van der Waals surface area contributed by atoms with Crippen LogP contribution in [0.1, 0.15) is 18.9 Å². The largest absolute Gasteiger partial charge is 0.399 e. The highest BCUT2D eigenvalue weighted by Gasteiger charge is 2.10. The Balaban J connectivity index is 2.46. The van der Waals surface area contributed by atoms with E-state index in [2.05, 4.69) is 17.1 Å². The summed E-state index contributed by atoms with van der Waals surface area (Å²) in [6, 6.07) is 7.78. The lowest BCUT2D eigenvalue weighted by molar-refractivity contribution is -0.122. The van der Waals surface area contributed by atoms with Crippen molar-refractivity contribution in [3.63, 3.8) is 0 Å². The first-order valence-corrected chi connectivity index (χ1v) is 6.98. The number of hydrogen-bond donors (Lipinski definition) is 2. The van der Waals surface area contributed by atoms with Gasteiger partial charge in [0.25, 0.3) is 0 Å². The molecular weight excluding hydrogens is 254 g/mol. The smallest absolute Gasteiger partial charge is 0.234 e. The maximum atomic E-state index is 11.8. The maximum Gasteiger partial charge on any atom is 0.234 e. The highest BCUT2D eigenvalue weighted by molar-refractivity contribution is 5.77. The molecule has 1 amide bonds. The van der Waals surface area contributed by atoms with Gasteiger partial charge in [-0.1, -0.05) is 19.1 Å². The van der Waals surface area contributed by atoms with E-state index in [1.54, 1.807) is 7.11 Å². The van der Waals surface area contributed by atoms with Gasteiger partial charge in [-0.05, 0) is 30.7 Å². The Morgan fingerprint density at radius 1 is 1.35 bits per heavy atom. The average molecular weight is 279 g/mol. The standard InChI is InChI=1S/C15H25N3O2/c1-3-9-18(12-15(19)17-8-10-20-2)11-13-4-6-14(16)7-5-13/h4-7H,3,8-12,16H2,1-2H3,(H,17,19). The van der Waals surface area contributed by atoms with Gasteiger partial charge in [-0.2, -0.15) is 0 Å². The molecule has 0 aliphatic carbocycles. The summed E-state index contributed by atoms with van der Waals surface area (Å²) in [5.41, 5.74) is 7.60. The van der Waals surface area contributed by atoms with Crippen molar-refractivity contribution in [1.29, 1.82) is 0 Å². The number of nitrogen functional groups attached to an aromatic ring is 1. The van der Waals surface area contributed by atoms with Crippen LogP contribution < -0.4 is 11.1 Å². The van der Waals surface area contributed by atoms with E-state index in [0.29, 0.717) is 19.7 Å². The number of ether oxygens (including phenoxy) is 1. The number of nitrogens with one attached hydrogen (secondary N) is 1. The summed E-state index contributed by atoms with van der Waals surface area (Å²) < 4.78 is 4.91. The molecule has 1 aromatic carbocycles. The molecule has 0 atom stereocenters. The molecule has 5 heteroatoms. The molecule has 0 spiro atoms. The minimum absolute atomic E-state index is 0.0333. The number of anilines is 1. The van der Waals surface area contributed by atoms with Crippen molar-refractivity contribution >= 4 is 11.6 Å². The second-order valence-corrected chi connectivity index (χ2v) is 4.79. The van der Waals surface area contributed by atoms with Crippen LogP contribution in [0.15, 0.2) is 24.3 Å². The van der Waals surface area contributed by atoms with Gasteiger partial charge < -0.3 is 15.8 Å². The number of methoxy groups -OCH3 is 1. The molecule has 0 aliphatic rings. The van der Waals surface area contributed by atoms with Gasteiger partial charge in [-0.15, -0.1) is 0 Å². The first-order chi connectivity index (χ1) is 9.65. The van der Waals surface area contributed by atoms with Crippen LogP contribution >= 0.6 is 0 Å². The summed E-state index contributed by atoms with van der Waals surface area (Å²) in [5, 5.41) is 2.84. The van der Waals surface area contributed by atoms with Gasteiger partial charge in [0.15, 0.2) is 0 Å². The third-order valence-corrected chi connectivity index (χ3v) is 2.92. The summed E-state index contributed by atoms with van der Waals surface area (Å²) in [6.45, 7) is 5.25. The molecule has 20 heavy (non-hydrogen) atoms. The number of nitrogens with two attached hydrogens (primary N) is 1. The molecular formula is C15H25N3O2. The van der Waals surface area contributed by atoms with Gasteiger partial charge in [0.1, 0.15) is 0 Å². The molecule has 5 nitrogen and oxygen atoms in total. The quantitative estimate of drug-likeness (QED) is 0.527. The fraction of sp³-hybridized carbons (Fsp3) is 0.533. The summed E-state index contributed by atoms with van der Waals surface area (Å²) in [5.74, 6) is 0.0333. The Bertz CT molecular complexity index is 393. The molecule has 0 fully saturated rings. The van der Waals surface area contributed by atoms with Crippen molar-refractivity contribution in [1.82, 2.24) is 10.2 Å². The van der Waals surface area contributed by atoms with Crippen molar-refractivity contribution < 1.29 is 9.53 Å². The number of hydrogen-bond acceptors (Lipinski definition) is 4. The zero-order chi connectivity index (χ0) is 14.8. The number of rotatable bonds is 9. The number of carbonyl (C=O) groups excluding carboxylic acids is 1. The van der Waals surface area contributed by atoms with Crippen molar-refractivity contribution in [2.24, 2.45) is 0 Å². The summed E-state index contributed by atoms with van der Waals surface area (Å²) >= 11 is 0. The Morgan fingerprint density at radius 3 is 2.65 bits per heavy atom. The average Bonchev–Trinajstić information content (AvgIpc) is 2.42. The number of nitrogens with zero attached hydrogens (tertiary/aromatic N) is 1. The summed E-state index contributed by atoms with van der Waals surface area (Å²) in [4.78, 5) is 14.0. The fourth-order valence-corrected chi connectivity index (χ4v) is 1.96. The summed E-state index contributed by atoms with van der Waals surface area (Å²) in [6.07, 6.45) is 1.01.